The summed E-state index contributed by atoms with van der Waals surface area (Å²) in [4.78, 5) is 18.0. The lowest BCUT2D eigenvalue weighted by Gasteiger charge is -2.34. The number of ether oxygens (including phenoxy) is 1. The zero-order chi connectivity index (χ0) is 17.9. The summed E-state index contributed by atoms with van der Waals surface area (Å²) in [7, 11) is 1.66. The van der Waals surface area contributed by atoms with Crippen LogP contribution in [-0.4, -0.2) is 58.4 Å². The molecule has 0 bridgehead atoms. The fourth-order valence-electron chi connectivity index (χ4n) is 3.01. The molecule has 26 heavy (non-hydrogen) atoms. The number of aromatic amines is 1. The van der Waals surface area contributed by atoms with Gasteiger partial charge in [0.2, 0.25) is 5.95 Å². The van der Waals surface area contributed by atoms with Gasteiger partial charge in [-0.3, -0.25) is 5.10 Å². The van der Waals surface area contributed by atoms with Crippen molar-refractivity contribution < 1.29 is 4.74 Å². The summed E-state index contributed by atoms with van der Waals surface area (Å²) in [5.74, 6) is 4.09. The van der Waals surface area contributed by atoms with Crippen molar-refractivity contribution in [2.75, 3.05) is 43.1 Å². The zero-order valence-corrected chi connectivity index (χ0v) is 14.9. The minimum Gasteiger partial charge on any atom is -0.497 e. The van der Waals surface area contributed by atoms with Gasteiger partial charge in [0.1, 0.15) is 17.4 Å². The molecule has 3 aromatic rings. The van der Waals surface area contributed by atoms with Gasteiger partial charge >= 0.3 is 0 Å². The van der Waals surface area contributed by atoms with E-state index in [9.17, 15) is 0 Å². The monoisotopic (exact) mass is 351 g/mol. The van der Waals surface area contributed by atoms with E-state index in [2.05, 4.69) is 30.0 Å². The molecule has 134 valence electrons. The normalized spacial score (nSPS) is 14.5. The number of anilines is 2. The first-order valence-corrected chi connectivity index (χ1v) is 8.59. The van der Waals surface area contributed by atoms with Crippen LogP contribution in [0.2, 0.25) is 0 Å². The maximum Gasteiger partial charge on any atom is 0.244 e. The molecule has 0 radical (unpaired) electrons. The van der Waals surface area contributed by atoms with Crippen LogP contribution in [0.25, 0.3) is 11.4 Å². The SMILES string of the molecule is COc1ccc(-c2nccc(N3CCN(c4n[nH]c(C)n4)CC3)n2)cc1. The number of nitrogens with one attached hydrogen (secondary N) is 1. The highest BCUT2D eigenvalue weighted by Gasteiger charge is 2.21. The number of methoxy groups -OCH3 is 1. The second kappa shape index (κ2) is 6.99. The first-order chi connectivity index (χ1) is 12.7. The molecule has 0 saturated carbocycles. The molecule has 8 nitrogen and oxygen atoms in total. The number of nitrogens with zero attached hydrogens (tertiary/aromatic N) is 6. The number of benzene rings is 1. The number of H-pyrrole nitrogens is 1. The number of hydrogen-bond donors (Lipinski definition) is 1. The number of piperazine rings is 1. The highest BCUT2D eigenvalue weighted by molar-refractivity contribution is 5.58. The predicted molar refractivity (Wildman–Crippen MR) is 99.6 cm³/mol. The van der Waals surface area contributed by atoms with Crippen LogP contribution in [0, 0.1) is 6.92 Å². The van der Waals surface area contributed by atoms with Crippen molar-refractivity contribution in [2.45, 2.75) is 6.92 Å². The molecule has 1 aliphatic rings. The Kier molecular flexibility index (Phi) is 4.39. The Bertz CT molecular complexity index is 869. The Balaban J connectivity index is 1.47. The summed E-state index contributed by atoms with van der Waals surface area (Å²) < 4.78 is 5.21. The lowest BCUT2D eigenvalue weighted by Crippen LogP contribution is -2.47. The van der Waals surface area contributed by atoms with Crippen LogP contribution in [0.1, 0.15) is 5.82 Å². The summed E-state index contributed by atoms with van der Waals surface area (Å²) in [6.45, 7) is 5.37. The van der Waals surface area contributed by atoms with Gasteiger partial charge < -0.3 is 14.5 Å². The summed E-state index contributed by atoms with van der Waals surface area (Å²) in [6, 6.07) is 9.74. The third-order valence-corrected chi connectivity index (χ3v) is 4.46. The van der Waals surface area contributed by atoms with E-state index in [1.807, 2.05) is 43.5 Å². The zero-order valence-electron chi connectivity index (χ0n) is 14.9. The van der Waals surface area contributed by atoms with Crippen LogP contribution in [-0.2, 0) is 0 Å². The molecule has 0 unspecified atom stereocenters. The average molecular weight is 351 g/mol. The number of hydrogen-bond acceptors (Lipinski definition) is 7. The van der Waals surface area contributed by atoms with Gasteiger partial charge in [-0.25, -0.2) is 9.97 Å². The number of aryl methyl sites for hydroxylation is 1. The van der Waals surface area contributed by atoms with Crippen LogP contribution in [0.15, 0.2) is 36.5 Å². The average Bonchev–Trinajstić information content (AvgIpc) is 3.15. The first-order valence-electron chi connectivity index (χ1n) is 8.59. The van der Waals surface area contributed by atoms with E-state index < -0.39 is 0 Å². The molecule has 0 atom stereocenters. The molecule has 0 aliphatic carbocycles. The minimum absolute atomic E-state index is 0.720. The van der Waals surface area contributed by atoms with Gasteiger partial charge in [-0.1, -0.05) is 0 Å². The Morgan fingerprint density at radius 1 is 0.962 bits per heavy atom. The Morgan fingerprint density at radius 3 is 2.35 bits per heavy atom. The van der Waals surface area contributed by atoms with Crippen molar-refractivity contribution in [3.8, 4) is 17.1 Å². The molecule has 0 spiro atoms. The van der Waals surface area contributed by atoms with E-state index >= 15 is 0 Å². The molecule has 1 aliphatic heterocycles. The molecule has 0 amide bonds. The molecule has 8 heteroatoms. The van der Waals surface area contributed by atoms with Crippen LogP contribution in [0.5, 0.6) is 5.75 Å². The summed E-state index contributed by atoms with van der Waals surface area (Å²) >= 11 is 0. The maximum absolute atomic E-state index is 5.21. The largest absolute Gasteiger partial charge is 0.497 e. The van der Waals surface area contributed by atoms with Crippen LogP contribution in [0.3, 0.4) is 0 Å². The molecular formula is C18H21N7O. The summed E-state index contributed by atoms with van der Waals surface area (Å²) in [5, 5.41) is 7.14. The molecule has 1 saturated heterocycles. The lowest BCUT2D eigenvalue weighted by atomic mass is 10.2. The molecule has 2 aromatic heterocycles. The standard InChI is InChI=1S/C18H21N7O/c1-13-20-18(23-22-13)25-11-9-24(10-12-25)16-7-8-19-17(21-16)14-3-5-15(26-2)6-4-14/h3-8H,9-12H2,1-2H3,(H,20,22,23). The summed E-state index contributed by atoms with van der Waals surface area (Å²) in [5.41, 5.74) is 0.975. The van der Waals surface area contributed by atoms with Crippen LogP contribution < -0.4 is 14.5 Å². The lowest BCUT2D eigenvalue weighted by molar-refractivity contribution is 0.415. The molecule has 1 fully saturated rings. The van der Waals surface area contributed by atoms with E-state index in [4.69, 9.17) is 9.72 Å². The number of aromatic nitrogens is 5. The van der Waals surface area contributed by atoms with Crippen LogP contribution >= 0.6 is 0 Å². The van der Waals surface area contributed by atoms with Crippen molar-refractivity contribution >= 4 is 11.8 Å². The third-order valence-electron chi connectivity index (χ3n) is 4.46. The molecule has 4 rings (SSSR count). The van der Waals surface area contributed by atoms with Gasteiger partial charge in [0.25, 0.3) is 0 Å². The van der Waals surface area contributed by atoms with E-state index in [0.29, 0.717) is 0 Å². The topological polar surface area (TPSA) is 83.1 Å². The van der Waals surface area contributed by atoms with E-state index in [1.54, 1.807) is 7.11 Å². The van der Waals surface area contributed by atoms with Gasteiger partial charge in [-0.2, -0.15) is 4.98 Å². The van der Waals surface area contributed by atoms with Gasteiger partial charge in [-0.15, -0.1) is 5.10 Å². The van der Waals surface area contributed by atoms with Gasteiger partial charge in [-0.05, 0) is 37.3 Å². The minimum atomic E-state index is 0.720. The molecule has 1 N–H and O–H groups in total. The van der Waals surface area contributed by atoms with Crippen molar-refractivity contribution in [2.24, 2.45) is 0 Å². The fraction of sp³-hybridized carbons (Fsp3) is 0.333. The van der Waals surface area contributed by atoms with Crippen molar-refractivity contribution in [1.82, 2.24) is 25.1 Å². The van der Waals surface area contributed by atoms with Gasteiger partial charge in [0.15, 0.2) is 5.82 Å². The quantitative estimate of drug-likeness (QED) is 0.769. The molecular weight excluding hydrogens is 330 g/mol. The van der Waals surface area contributed by atoms with E-state index in [1.165, 1.54) is 0 Å². The molecule has 1 aromatic carbocycles. The summed E-state index contributed by atoms with van der Waals surface area (Å²) in [6.07, 6.45) is 1.81. The Labute approximate surface area is 151 Å². The van der Waals surface area contributed by atoms with Gasteiger partial charge in [0, 0.05) is 37.9 Å². The second-order valence-electron chi connectivity index (χ2n) is 6.16. The fourth-order valence-corrected chi connectivity index (χ4v) is 3.01. The maximum atomic E-state index is 5.21. The van der Waals surface area contributed by atoms with E-state index in [-0.39, 0.29) is 0 Å². The Morgan fingerprint density at radius 2 is 1.69 bits per heavy atom. The predicted octanol–water partition coefficient (Wildman–Crippen LogP) is 1.91. The second-order valence-corrected chi connectivity index (χ2v) is 6.16. The highest BCUT2D eigenvalue weighted by Crippen LogP contribution is 2.22. The highest BCUT2D eigenvalue weighted by atomic mass is 16.5. The van der Waals surface area contributed by atoms with Crippen molar-refractivity contribution in [1.29, 1.82) is 0 Å². The van der Waals surface area contributed by atoms with Gasteiger partial charge in [0.05, 0.1) is 7.11 Å². The third kappa shape index (κ3) is 3.30. The Hall–Kier alpha value is -3.16. The van der Waals surface area contributed by atoms with Crippen LogP contribution in [0.4, 0.5) is 11.8 Å². The number of rotatable bonds is 4. The molecule has 3 heterocycles. The van der Waals surface area contributed by atoms with E-state index in [0.717, 1.165) is 60.9 Å². The van der Waals surface area contributed by atoms with Crippen molar-refractivity contribution in [3.05, 3.63) is 42.4 Å². The first kappa shape index (κ1) is 16.3. The van der Waals surface area contributed by atoms with Crippen molar-refractivity contribution in [3.63, 3.8) is 0 Å². The smallest absolute Gasteiger partial charge is 0.244 e.